The van der Waals surface area contributed by atoms with Gasteiger partial charge in [-0.05, 0) is 60.7 Å². The molecule has 3 aromatic heterocycles. The number of nitrogen functional groups attached to an aromatic ring is 2. The molecular formula is C30H28N6. The van der Waals surface area contributed by atoms with E-state index in [1.165, 1.54) is 0 Å². The van der Waals surface area contributed by atoms with Gasteiger partial charge < -0.3 is 11.5 Å². The molecule has 0 bridgehead atoms. The Morgan fingerprint density at radius 2 is 1.03 bits per heavy atom. The van der Waals surface area contributed by atoms with E-state index >= 15 is 0 Å². The second-order valence-electron chi connectivity index (χ2n) is 8.75. The highest BCUT2D eigenvalue weighted by Crippen LogP contribution is 2.22. The maximum atomic E-state index is 5.99. The molecule has 5 aromatic rings. The molecule has 4 N–H and O–H groups in total. The standard InChI is InChI=1S/C30H28N6/c31-24-9-3-7-22(17-24)29-14-5-12-27(34-29)20-36(19-26-11-1-2-16-33-26)21-28-13-6-15-30(35-28)23-8-4-10-25(32)18-23/h1-18H,19-21,31-32H2. The molecule has 6 nitrogen and oxygen atoms in total. The van der Waals surface area contributed by atoms with Crippen molar-refractivity contribution in [1.82, 2.24) is 19.9 Å². The molecule has 0 aliphatic rings. The van der Waals surface area contributed by atoms with Crippen molar-refractivity contribution in [3.05, 3.63) is 126 Å². The first kappa shape index (κ1) is 23.2. The van der Waals surface area contributed by atoms with Gasteiger partial charge in [-0.3, -0.25) is 19.9 Å². The lowest BCUT2D eigenvalue weighted by Gasteiger charge is -2.22. The number of pyridine rings is 3. The normalized spacial score (nSPS) is 11.0. The minimum Gasteiger partial charge on any atom is -0.399 e. The van der Waals surface area contributed by atoms with Gasteiger partial charge >= 0.3 is 0 Å². The van der Waals surface area contributed by atoms with Gasteiger partial charge in [0.1, 0.15) is 0 Å². The second-order valence-corrected chi connectivity index (χ2v) is 8.75. The van der Waals surface area contributed by atoms with E-state index in [4.69, 9.17) is 21.4 Å². The van der Waals surface area contributed by atoms with E-state index in [-0.39, 0.29) is 0 Å². The number of aromatic nitrogens is 3. The molecule has 0 atom stereocenters. The van der Waals surface area contributed by atoms with E-state index in [0.717, 1.165) is 51.0 Å². The third-order valence-electron chi connectivity index (χ3n) is 5.86. The van der Waals surface area contributed by atoms with Crippen LogP contribution in [0, 0.1) is 0 Å². The molecule has 0 spiro atoms. The summed E-state index contributed by atoms with van der Waals surface area (Å²) in [5.74, 6) is 0. The lowest BCUT2D eigenvalue weighted by Crippen LogP contribution is -2.24. The first-order valence-electron chi connectivity index (χ1n) is 11.9. The number of hydrogen-bond acceptors (Lipinski definition) is 6. The smallest absolute Gasteiger partial charge is 0.0706 e. The highest BCUT2D eigenvalue weighted by Gasteiger charge is 2.13. The molecule has 0 amide bonds. The van der Waals surface area contributed by atoms with Gasteiger partial charge in [0.2, 0.25) is 0 Å². The molecule has 2 aromatic carbocycles. The van der Waals surface area contributed by atoms with Crippen LogP contribution in [0.25, 0.3) is 22.5 Å². The van der Waals surface area contributed by atoms with Crippen molar-refractivity contribution in [3.63, 3.8) is 0 Å². The number of nitrogens with zero attached hydrogens (tertiary/aromatic N) is 4. The van der Waals surface area contributed by atoms with Crippen LogP contribution in [0.1, 0.15) is 17.1 Å². The molecule has 36 heavy (non-hydrogen) atoms. The fraction of sp³-hybridized carbons (Fsp3) is 0.100. The fourth-order valence-electron chi connectivity index (χ4n) is 4.20. The number of nitrogens with two attached hydrogens (primary N) is 2. The van der Waals surface area contributed by atoms with Crippen LogP contribution < -0.4 is 11.5 Å². The minimum absolute atomic E-state index is 0.650. The van der Waals surface area contributed by atoms with Crippen LogP contribution in [0.3, 0.4) is 0 Å². The molecule has 5 rings (SSSR count). The molecule has 0 aliphatic carbocycles. The summed E-state index contributed by atoms with van der Waals surface area (Å²) in [6, 6.07) is 33.8. The maximum Gasteiger partial charge on any atom is 0.0706 e. The number of rotatable bonds is 8. The van der Waals surface area contributed by atoms with E-state index in [0.29, 0.717) is 19.6 Å². The zero-order valence-electron chi connectivity index (χ0n) is 20.0. The Hall–Kier alpha value is -4.55. The number of hydrogen-bond donors (Lipinski definition) is 2. The average molecular weight is 473 g/mol. The predicted octanol–water partition coefficient (Wildman–Crippen LogP) is 5.57. The average Bonchev–Trinajstić information content (AvgIpc) is 2.90. The molecule has 0 radical (unpaired) electrons. The summed E-state index contributed by atoms with van der Waals surface area (Å²) in [6.07, 6.45) is 1.82. The van der Waals surface area contributed by atoms with E-state index in [2.05, 4.69) is 22.0 Å². The van der Waals surface area contributed by atoms with Crippen molar-refractivity contribution in [2.75, 3.05) is 11.5 Å². The molecule has 0 fully saturated rings. The summed E-state index contributed by atoms with van der Waals surface area (Å²) in [5, 5.41) is 0. The van der Waals surface area contributed by atoms with Gasteiger partial charge in [-0.25, -0.2) is 0 Å². The topological polar surface area (TPSA) is 94.0 Å². The largest absolute Gasteiger partial charge is 0.399 e. The molecule has 178 valence electrons. The van der Waals surface area contributed by atoms with Crippen LogP contribution >= 0.6 is 0 Å². The van der Waals surface area contributed by atoms with Crippen LogP contribution in [0.5, 0.6) is 0 Å². The highest BCUT2D eigenvalue weighted by atomic mass is 15.1. The lowest BCUT2D eigenvalue weighted by atomic mass is 10.1. The van der Waals surface area contributed by atoms with Crippen molar-refractivity contribution in [1.29, 1.82) is 0 Å². The molecule has 0 unspecified atom stereocenters. The quantitative estimate of drug-likeness (QED) is 0.287. The third-order valence-corrected chi connectivity index (χ3v) is 5.86. The molecular weight excluding hydrogens is 444 g/mol. The van der Waals surface area contributed by atoms with Crippen LogP contribution in [0.15, 0.2) is 109 Å². The molecule has 0 aliphatic heterocycles. The zero-order chi connectivity index (χ0) is 24.7. The van der Waals surface area contributed by atoms with Crippen molar-refractivity contribution < 1.29 is 0 Å². The summed E-state index contributed by atoms with van der Waals surface area (Å²) < 4.78 is 0. The lowest BCUT2D eigenvalue weighted by molar-refractivity contribution is 0.239. The van der Waals surface area contributed by atoms with Crippen molar-refractivity contribution in [3.8, 4) is 22.5 Å². The van der Waals surface area contributed by atoms with E-state index in [1.807, 2.05) is 97.2 Å². The minimum atomic E-state index is 0.650. The van der Waals surface area contributed by atoms with Gasteiger partial charge in [0.05, 0.1) is 28.5 Å². The second kappa shape index (κ2) is 10.8. The summed E-state index contributed by atoms with van der Waals surface area (Å²) in [6.45, 7) is 1.98. The van der Waals surface area contributed by atoms with Gasteiger partial charge in [-0.2, -0.15) is 0 Å². The van der Waals surface area contributed by atoms with Crippen LogP contribution in [-0.2, 0) is 19.6 Å². The van der Waals surface area contributed by atoms with Gasteiger partial charge in [0.15, 0.2) is 0 Å². The third kappa shape index (κ3) is 5.92. The monoisotopic (exact) mass is 472 g/mol. The van der Waals surface area contributed by atoms with Gasteiger partial charge in [0.25, 0.3) is 0 Å². The van der Waals surface area contributed by atoms with Crippen LogP contribution in [0.4, 0.5) is 11.4 Å². The Balaban J connectivity index is 1.41. The Morgan fingerprint density at radius 3 is 1.53 bits per heavy atom. The van der Waals surface area contributed by atoms with Crippen molar-refractivity contribution in [2.45, 2.75) is 19.6 Å². The Kier molecular flexibility index (Phi) is 6.96. The Bertz CT molecular complexity index is 1360. The molecule has 0 saturated carbocycles. The van der Waals surface area contributed by atoms with Crippen molar-refractivity contribution in [2.24, 2.45) is 0 Å². The molecule has 6 heteroatoms. The summed E-state index contributed by atoms with van der Waals surface area (Å²) in [5.41, 5.74) is 20.2. The van der Waals surface area contributed by atoms with Gasteiger partial charge in [-0.15, -0.1) is 0 Å². The summed E-state index contributed by atoms with van der Waals surface area (Å²) in [7, 11) is 0. The SMILES string of the molecule is Nc1cccc(-c2cccc(CN(Cc3ccccn3)Cc3cccc(-c4cccc(N)c4)n3)n2)c1. The van der Waals surface area contributed by atoms with E-state index in [1.54, 1.807) is 0 Å². The number of benzene rings is 2. The highest BCUT2D eigenvalue weighted by molar-refractivity contribution is 5.64. The maximum absolute atomic E-state index is 5.99. The van der Waals surface area contributed by atoms with Crippen LogP contribution in [0.2, 0.25) is 0 Å². The summed E-state index contributed by atoms with van der Waals surface area (Å²) in [4.78, 5) is 16.7. The van der Waals surface area contributed by atoms with Crippen LogP contribution in [-0.4, -0.2) is 19.9 Å². The predicted molar refractivity (Wildman–Crippen MR) is 145 cm³/mol. The zero-order valence-corrected chi connectivity index (χ0v) is 20.0. The van der Waals surface area contributed by atoms with E-state index in [9.17, 15) is 0 Å². The fourth-order valence-corrected chi connectivity index (χ4v) is 4.20. The first-order chi connectivity index (χ1) is 17.6. The Labute approximate surface area is 211 Å². The van der Waals surface area contributed by atoms with Gasteiger partial charge in [-0.1, -0.05) is 42.5 Å². The first-order valence-corrected chi connectivity index (χ1v) is 11.9. The Morgan fingerprint density at radius 1 is 0.528 bits per heavy atom. The summed E-state index contributed by atoms with van der Waals surface area (Å²) >= 11 is 0. The van der Waals surface area contributed by atoms with Gasteiger partial charge in [0, 0.05) is 48.3 Å². The molecule has 0 saturated heterocycles. The van der Waals surface area contributed by atoms with Crippen molar-refractivity contribution >= 4 is 11.4 Å². The number of anilines is 2. The van der Waals surface area contributed by atoms with E-state index < -0.39 is 0 Å². The molecule has 3 heterocycles.